The molecular formula is C17H33NO17S3. The minimum atomic E-state index is -5.29. The second-order valence-electron chi connectivity index (χ2n) is 8.16. The van der Waals surface area contributed by atoms with Gasteiger partial charge in [-0.25, -0.2) is 8.37 Å². The molecule has 0 bridgehead atoms. The first kappa shape index (κ1) is 33.9. The van der Waals surface area contributed by atoms with E-state index in [1.807, 2.05) is 0 Å². The van der Waals surface area contributed by atoms with Gasteiger partial charge < -0.3 is 50.2 Å². The topological polar surface area (TPSA) is 291 Å². The van der Waals surface area contributed by atoms with Crippen LogP contribution in [0.3, 0.4) is 0 Å². The number of rotatable bonds is 15. The average molecular weight is 620 g/mol. The highest BCUT2D eigenvalue weighted by atomic mass is 32.3. The quantitative estimate of drug-likeness (QED) is 0.0631. The predicted molar refractivity (Wildman–Crippen MR) is 124 cm³/mol. The van der Waals surface area contributed by atoms with Crippen molar-refractivity contribution in [2.45, 2.75) is 67.8 Å². The van der Waals surface area contributed by atoms with Crippen LogP contribution in [0.4, 0.5) is 0 Å². The normalized spacial score (nSPS) is 36.8. The Hall–Kier alpha value is -0.310. The molecule has 2 aliphatic rings. The fraction of sp³-hybridized carbons (Fsp3) is 1.00. The molecule has 9 N–H and O–H groups in total. The maximum Gasteiger partial charge on any atom is 0.397 e. The first-order valence-corrected chi connectivity index (χ1v) is 15.0. The molecule has 0 aromatic rings. The molecule has 2 fully saturated rings. The van der Waals surface area contributed by atoms with E-state index in [0.717, 1.165) is 5.75 Å². The standard InChI is InChI=1S/C17H33NO17S3/c18-2-5-36-4-1-3-30-16-12(22)14(10(20)8(6-19)32-16)34-17-13(23)15(35-38(27,28)29)11(21)9(33-17)7-31-37(24,25)26/h8-17,19-23H,1-7,18H2,(H,24,25,26)(H,27,28,29)/t8-,9-,10+,11+,12-,13-,14+,15+,16-,17-/m1/s1. The van der Waals surface area contributed by atoms with Gasteiger partial charge in [0.2, 0.25) is 0 Å². The van der Waals surface area contributed by atoms with Gasteiger partial charge in [0.1, 0.15) is 48.8 Å². The lowest BCUT2D eigenvalue weighted by molar-refractivity contribution is -0.358. The highest BCUT2D eigenvalue weighted by Crippen LogP contribution is 2.31. The van der Waals surface area contributed by atoms with Crippen molar-refractivity contribution in [1.29, 1.82) is 0 Å². The Balaban J connectivity index is 2.19. The molecule has 0 aromatic carbocycles. The predicted octanol–water partition coefficient (Wildman–Crippen LogP) is -4.64. The Morgan fingerprint density at radius 2 is 1.42 bits per heavy atom. The third-order valence-corrected chi connectivity index (χ3v) is 7.35. The third-order valence-electron chi connectivity index (χ3n) is 5.35. The molecule has 10 atom stereocenters. The molecule has 2 aliphatic heterocycles. The molecule has 0 spiro atoms. The zero-order valence-corrected chi connectivity index (χ0v) is 22.2. The van der Waals surface area contributed by atoms with Crippen molar-refractivity contribution in [3.05, 3.63) is 0 Å². The third kappa shape index (κ3) is 10.3. The van der Waals surface area contributed by atoms with E-state index in [9.17, 15) is 42.4 Å². The zero-order valence-electron chi connectivity index (χ0n) is 19.7. The van der Waals surface area contributed by atoms with Crippen LogP contribution in [0.25, 0.3) is 0 Å². The summed E-state index contributed by atoms with van der Waals surface area (Å²) in [6, 6.07) is 0. The molecule has 0 aliphatic carbocycles. The molecule has 18 nitrogen and oxygen atoms in total. The van der Waals surface area contributed by atoms with Gasteiger partial charge >= 0.3 is 20.8 Å². The second-order valence-corrected chi connectivity index (χ2v) is 11.5. The summed E-state index contributed by atoms with van der Waals surface area (Å²) in [6.07, 6.45) is -18.0. The molecule has 226 valence electrons. The number of aliphatic hydroxyl groups is 5. The van der Waals surface area contributed by atoms with Crippen LogP contribution in [0.5, 0.6) is 0 Å². The lowest BCUT2D eigenvalue weighted by atomic mass is 9.97. The van der Waals surface area contributed by atoms with Crippen LogP contribution in [0.2, 0.25) is 0 Å². The molecule has 0 aromatic heterocycles. The largest absolute Gasteiger partial charge is 0.397 e. The van der Waals surface area contributed by atoms with E-state index in [-0.39, 0.29) is 6.61 Å². The fourth-order valence-corrected chi connectivity index (χ4v) is 5.12. The second kappa shape index (κ2) is 15.1. The summed E-state index contributed by atoms with van der Waals surface area (Å²) in [5.74, 6) is 1.41. The Morgan fingerprint density at radius 1 is 0.816 bits per heavy atom. The van der Waals surface area contributed by atoms with Crippen LogP contribution in [0.15, 0.2) is 0 Å². The van der Waals surface area contributed by atoms with E-state index in [4.69, 9.17) is 33.8 Å². The van der Waals surface area contributed by atoms with Crippen molar-refractivity contribution >= 4 is 32.6 Å². The van der Waals surface area contributed by atoms with Crippen LogP contribution >= 0.6 is 11.8 Å². The molecule has 0 saturated carbocycles. The van der Waals surface area contributed by atoms with Gasteiger partial charge in [-0.1, -0.05) is 0 Å². The van der Waals surface area contributed by atoms with Crippen molar-refractivity contribution in [3.8, 4) is 0 Å². The summed E-state index contributed by atoms with van der Waals surface area (Å²) in [6.45, 7) is -1.31. The van der Waals surface area contributed by atoms with E-state index in [1.54, 1.807) is 11.8 Å². The lowest BCUT2D eigenvalue weighted by Gasteiger charge is -2.46. The number of aliphatic hydroxyl groups excluding tert-OH is 5. The Morgan fingerprint density at radius 3 is 2.00 bits per heavy atom. The SMILES string of the molecule is NCCSCCCO[C@@H]1O[C@H](CO)[C@H](O)[C@H](O[C@H]2O[C@H](COS(=O)(=O)O)[C@H](O)[C@H](OS(=O)(=O)O)[C@H]2O)[C@H]1O. The zero-order chi connectivity index (χ0) is 28.7. The molecule has 2 heterocycles. The van der Waals surface area contributed by atoms with Crippen LogP contribution < -0.4 is 5.73 Å². The van der Waals surface area contributed by atoms with Crippen LogP contribution in [-0.4, -0.2) is 151 Å². The molecule has 2 saturated heterocycles. The first-order valence-electron chi connectivity index (χ1n) is 11.1. The fourth-order valence-electron chi connectivity index (χ4n) is 3.61. The minimum absolute atomic E-state index is 0.0916. The van der Waals surface area contributed by atoms with E-state index in [2.05, 4.69) is 8.37 Å². The maximum absolute atomic E-state index is 11.2. The summed E-state index contributed by atoms with van der Waals surface area (Å²) in [5.41, 5.74) is 5.41. The van der Waals surface area contributed by atoms with Gasteiger partial charge in [-0.3, -0.25) is 9.11 Å². The average Bonchev–Trinajstić information content (AvgIpc) is 2.82. The van der Waals surface area contributed by atoms with Crippen molar-refractivity contribution in [3.63, 3.8) is 0 Å². The smallest absolute Gasteiger partial charge is 0.394 e. The molecule has 0 radical (unpaired) electrons. The summed E-state index contributed by atoms with van der Waals surface area (Å²) in [7, 11) is -10.4. The van der Waals surface area contributed by atoms with E-state index < -0.39 is 95.4 Å². The highest BCUT2D eigenvalue weighted by Gasteiger charge is 2.52. The van der Waals surface area contributed by atoms with Gasteiger partial charge in [0, 0.05) is 12.3 Å². The van der Waals surface area contributed by atoms with Gasteiger partial charge in [-0.2, -0.15) is 28.6 Å². The number of hydrogen-bond acceptors (Lipinski definition) is 17. The van der Waals surface area contributed by atoms with Gasteiger partial charge in [-0.15, -0.1) is 0 Å². The molecule has 2 rings (SSSR count). The van der Waals surface area contributed by atoms with Crippen molar-refractivity contribution in [2.75, 3.05) is 37.9 Å². The number of nitrogens with two attached hydrogens (primary N) is 1. The van der Waals surface area contributed by atoms with Gasteiger partial charge in [0.25, 0.3) is 0 Å². The molecule has 21 heteroatoms. The Kier molecular flexibility index (Phi) is 13.4. The Labute approximate surface area is 222 Å². The van der Waals surface area contributed by atoms with E-state index >= 15 is 0 Å². The van der Waals surface area contributed by atoms with E-state index in [1.165, 1.54) is 0 Å². The van der Waals surface area contributed by atoms with Gasteiger partial charge in [-0.05, 0) is 12.2 Å². The van der Waals surface area contributed by atoms with Crippen molar-refractivity contribution < 1.29 is 78.8 Å². The highest BCUT2D eigenvalue weighted by molar-refractivity contribution is 7.99. The van der Waals surface area contributed by atoms with Gasteiger partial charge in [0.05, 0.1) is 19.8 Å². The number of ether oxygens (including phenoxy) is 4. The monoisotopic (exact) mass is 619 g/mol. The van der Waals surface area contributed by atoms with Gasteiger partial charge in [0.15, 0.2) is 12.6 Å². The summed E-state index contributed by atoms with van der Waals surface area (Å²) >= 11 is 1.57. The lowest BCUT2D eigenvalue weighted by Crippen LogP contribution is -2.65. The number of thioether (sulfide) groups is 1. The number of hydrogen-bond donors (Lipinski definition) is 8. The summed E-state index contributed by atoms with van der Waals surface area (Å²) in [4.78, 5) is 0. The molecule has 38 heavy (non-hydrogen) atoms. The van der Waals surface area contributed by atoms with Crippen LogP contribution in [0.1, 0.15) is 6.42 Å². The van der Waals surface area contributed by atoms with Crippen LogP contribution in [0, 0.1) is 0 Å². The van der Waals surface area contributed by atoms with Crippen molar-refractivity contribution in [1.82, 2.24) is 0 Å². The summed E-state index contributed by atoms with van der Waals surface area (Å²) in [5, 5.41) is 51.7. The molecule has 0 amide bonds. The minimum Gasteiger partial charge on any atom is -0.394 e. The summed E-state index contributed by atoms with van der Waals surface area (Å²) < 4.78 is 92.1. The molecular weight excluding hydrogens is 586 g/mol. The first-order chi connectivity index (χ1) is 17.7. The van der Waals surface area contributed by atoms with Crippen molar-refractivity contribution in [2.24, 2.45) is 5.73 Å². The van der Waals surface area contributed by atoms with Crippen LogP contribution in [-0.2, 0) is 48.1 Å². The van der Waals surface area contributed by atoms with E-state index in [0.29, 0.717) is 18.7 Å². The molecule has 0 unspecified atom stereocenters. The Bertz CT molecular complexity index is 923. The maximum atomic E-state index is 11.2.